The second kappa shape index (κ2) is 23.1. The van der Waals surface area contributed by atoms with Crippen LogP contribution in [0.15, 0.2) is 22.9 Å². The summed E-state index contributed by atoms with van der Waals surface area (Å²) in [5.74, 6) is 0. The Morgan fingerprint density at radius 1 is 1.07 bits per heavy atom. The molecule has 0 spiro atoms. The fraction of sp³-hybridized carbons (Fsp3) is 0. The molecule has 0 unspecified atom stereocenters. The van der Waals surface area contributed by atoms with Crippen molar-refractivity contribution in [3.05, 3.63) is 22.9 Å². The number of hydrogen-bond acceptors (Lipinski definition) is 2. The van der Waals surface area contributed by atoms with E-state index in [0.29, 0.717) is 0 Å². The Labute approximate surface area is 102 Å². The minimum atomic E-state index is -1.83. The van der Waals surface area contributed by atoms with Crippen LogP contribution in [0.5, 0.6) is 0 Å². The van der Waals surface area contributed by atoms with Crippen LogP contribution in [-0.4, -0.2) is 32.7 Å². The molecule has 0 amide bonds. The van der Waals surface area contributed by atoms with Crippen LogP contribution in [0.1, 0.15) is 0 Å². The van der Waals surface area contributed by atoms with E-state index in [0.717, 1.165) is 3.39 Å². The lowest BCUT2D eigenvalue weighted by Crippen LogP contribution is -1.81. The van der Waals surface area contributed by atoms with Gasteiger partial charge in [-0.2, -0.15) is 0 Å². The van der Waals surface area contributed by atoms with Gasteiger partial charge in [-0.25, -0.2) is 14.0 Å². The fourth-order valence-electron chi connectivity index (χ4n) is 0. The van der Waals surface area contributed by atoms with Gasteiger partial charge in [-0.15, -0.1) is 0 Å². The lowest BCUT2D eigenvalue weighted by molar-refractivity contribution is 0.135. The predicted molar refractivity (Wildman–Crippen MR) is 59.6 cm³/mol. The maximum Gasteiger partial charge on any atom is 0.503 e. The molecule has 0 aliphatic carbocycles. The molecule has 0 heterocycles. The number of halogens is 3. The Morgan fingerprint density at radius 3 is 1.07 bits per heavy atom. The van der Waals surface area contributed by atoms with Crippen LogP contribution in [0.3, 0.4) is 0 Å². The predicted octanol–water partition coefficient (Wildman–Crippen LogP) is 3.79. The van der Waals surface area contributed by atoms with E-state index >= 15 is 0 Å². The molecule has 6 nitrogen and oxygen atoms in total. The average Bonchev–Trinajstić information content (AvgIpc) is 1.81. The molecule has 0 aliphatic heterocycles. The van der Waals surface area contributed by atoms with Gasteiger partial charge in [0.25, 0.3) is 0 Å². The summed E-state index contributed by atoms with van der Waals surface area (Å²) in [6.07, 6.45) is -3.42. The SMILES string of the molecule is C=C(Br)Br.C=CF.O=C(O)O.O=C(O)O. The maximum atomic E-state index is 10.1. The summed E-state index contributed by atoms with van der Waals surface area (Å²) in [5, 5.41) is 27.9. The van der Waals surface area contributed by atoms with Gasteiger partial charge in [0.1, 0.15) is 0 Å². The molecule has 0 aromatic rings. The standard InChI is InChI=1S/C2H2Br2.C2H3F.2CH2O3/c1-2(3)4;1-2-3;2*2-1(3)4/h1H2;2H,1H2;2*(H2,2,3,4). The zero-order chi connectivity index (χ0) is 13.4. The van der Waals surface area contributed by atoms with Crippen molar-refractivity contribution in [1.82, 2.24) is 0 Å². The van der Waals surface area contributed by atoms with Gasteiger partial charge in [0.2, 0.25) is 0 Å². The number of rotatable bonds is 0. The van der Waals surface area contributed by atoms with Gasteiger partial charge < -0.3 is 20.4 Å². The third-order valence-electron chi connectivity index (χ3n) is 0. The van der Waals surface area contributed by atoms with Gasteiger partial charge in [0.15, 0.2) is 0 Å². The number of carbonyl (C=O) groups is 2. The molecule has 0 saturated heterocycles. The lowest BCUT2D eigenvalue weighted by atomic mass is 11.2. The van der Waals surface area contributed by atoms with Crippen molar-refractivity contribution in [3.8, 4) is 0 Å². The van der Waals surface area contributed by atoms with E-state index in [2.05, 4.69) is 45.0 Å². The topological polar surface area (TPSA) is 115 Å². The molecular formula is C6H9Br2FO6. The molecule has 15 heavy (non-hydrogen) atoms. The van der Waals surface area contributed by atoms with E-state index in [1.54, 1.807) is 0 Å². The first-order valence-electron chi connectivity index (χ1n) is 2.66. The van der Waals surface area contributed by atoms with Crippen LogP contribution >= 0.6 is 31.9 Å². The normalized spacial score (nSPS) is 5.80. The van der Waals surface area contributed by atoms with Crippen molar-refractivity contribution in [1.29, 1.82) is 0 Å². The summed E-state index contributed by atoms with van der Waals surface area (Å²) < 4.78 is 10.8. The molecule has 9 heteroatoms. The number of hydrogen-bond donors (Lipinski definition) is 4. The van der Waals surface area contributed by atoms with Crippen LogP contribution in [0.2, 0.25) is 0 Å². The van der Waals surface area contributed by atoms with Crippen molar-refractivity contribution in [3.63, 3.8) is 0 Å². The molecule has 0 atom stereocenters. The monoisotopic (exact) mass is 354 g/mol. The van der Waals surface area contributed by atoms with Crippen molar-refractivity contribution >= 4 is 44.2 Å². The minimum absolute atomic E-state index is 0.250. The zero-order valence-electron chi connectivity index (χ0n) is 7.23. The van der Waals surface area contributed by atoms with Crippen molar-refractivity contribution in [2.45, 2.75) is 0 Å². The first kappa shape index (κ1) is 23.6. The summed E-state index contributed by atoms with van der Waals surface area (Å²) in [6, 6.07) is 0. The lowest BCUT2D eigenvalue weighted by Gasteiger charge is -1.60. The summed E-state index contributed by atoms with van der Waals surface area (Å²) in [6.45, 7) is 6.08. The van der Waals surface area contributed by atoms with Gasteiger partial charge >= 0.3 is 12.3 Å². The molecule has 0 fully saturated rings. The van der Waals surface area contributed by atoms with Crippen LogP contribution in [0.25, 0.3) is 0 Å². The molecular weight excluding hydrogens is 347 g/mol. The quantitative estimate of drug-likeness (QED) is 0.525. The average molecular weight is 356 g/mol. The van der Waals surface area contributed by atoms with Crippen LogP contribution < -0.4 is 0 Å². The molecule has 90 valence electrons. The summed E-state index contributed by atoms with van der Waals surface area (Å²) in [5.41, 5.74) is 0. The highest BCUT2D eigenvalue weighted by Crippen LogP contribution is 2.06. The van der Waals surface area contributed by atoms with Gasteiger partial charge in [-0.1, -0.05) is 13.2 Å². The third-order valence-corrected chi connectivity index (χ3v) is 0. The highest BCUT2D eigenvalue weighted by molar-refractivity contribution is 9.28. The van der Waals surface area contributed by atoms with Crippen LogP contribution in [0.4, 0.5) is 14.0 Å². The van der Waals surface area contributed by atoms with Crippen LogP contribution in [0, 0.1) is 0 Å². The Morgan fingerprint density at radius 2 is 1.07 bits per heavy atom. The van der Waals surface area contributed by atoms with Crippen LogP contribution in [-0.2, 0) is 0 Å². The second-order valence-electron chi connectivity index (χ2n) is 1.06. The van der Waals surface area contributed by atoms with Crippen molar-refractivity contribution in [2.24, 2.45) is 0 Å². The molecule has 0 bridgehead atoms. The van der Waals surface area contributed by atoms with Crippen molar-refractivity contribution < 1.29 is 34.4 Å². The largest absolute Gasteiger partial charge is 0.503 e. The van der Waals surface area contributed by atoms with Gasteiger partial charge in [-0.3, -0.25) is 0 Å². The first-order chi connectivity index (χ1) is 6.61. The summed E-state index contributed by atoms with van der Waals surface area (Å²) in [4.78, 5) is 17.1. The van der Waals surface area contributed by atoms with Crippen molar-refractivity contribution in [2.75, 3.05) is 0 Å². The second-order valence-corrected chi connectivity index (χ2v) is 4.04. The zero-order valence-corrected chi connectivity index (χ0v) is 10.4. The molecule has 0 saturated carbocycles. The van der Waals surface area contributed by atoms with Gasteiger partial charge in [0, 0.05) is 0 Å². The molecule has 0 radical (unpaired) electrons. The van der Waals surface area contributed by atoms with E-state index in [1.165, 1.54) is 0 Å². The summed E-state index contributed by atoms with van der Waals surface area (Å²) >= 11 is 5.99. The van der Waals surface area contributed by atoms with Gasteiger partial charge in [0.05, 0.1) is 9.72 Å². The maximum absolute atomic E-state index is 10.1. The molecule has 0 aliphatic rings. The highest BCUT2D eigenvalue weighted by Gasteiger charge is 1.70. The third kappa shape index (κ3) is 1290. The van der Waals surface area contributed by atoms with E-state index in [9.17, 15) is 4.39 Å². The van der Waals surface area contributed by atoms with E-state index in [4.69, 9.17) is 30.0 Å². The molecule has 0 aromatic carbocycles. The van der Waals surface area contributed by atoms with Gasteiger partial charge in [-0.05, 0) is 31.9 Å². The fourth-order valence-corrected chi connectivity index (χ4v) is 0. The number of carboxylic acid groups (broad SMARTS) is 4. The highest BCUT2D eigenvalue weighted by atomic mass is 79.9. The molecule has 0 aromatic heterocycles. The Balaban J connectivity index is -0.0000000542. The first-order valence-corrected chi connectivity index (χ1v) is 4.25. The Kier molecular flexibility index (Phi) is 36.3. The summed E-state index contributed by atoms with van der Waals surface area (Å²) in [7, 11) is 0. The Hall–Kier alpha value is -1.09. The van der Waals surface area contributed by atoms with E-state index in [-0.39, 0.29) is 6.33 Å². The molecule has 0 rings (SSSR count). The van der Waals surface area contributed by atoms with E-state index in [1.807, 2.05) is 0 Å². The Bertz CT molecular complexity index is 156. The van der Waals surface area contributed by atoms with E-state index < -0.39 is 12.3 Å². The smallest absolute Gasteiger partial charge is 0.450 e. The molecule has 4 N–H and O–H groups in total. The minimum Gasteiger partial charge on any atom is -0.450 e.